The van der Waals surface area contributed by atoms with E-state index in [0.29, 0.717) is 24.5 Å². The first-order valence-electron chi connectivity index (χ1n) is 6.03. The van der Waals surface area contributed by atoms with Crippen LogP contribution in [0.1, 0.15) is 24.2 Å². The van der Waals surface area contributed by atoms with Crippen LogP contribution in [-0.2, 0) is 4.79 Å². The van der Waals surface area contributed by atoms with E-state index in [4.69, 9.17) is 0 Å². The summed E-state index contributed by atoms with van der Waals surface area (Å²) in [7, 11) is 1.76. The molecule has 5 nitrogen and oxygen atoms in total. The Morgan fingerprint density at radius 3 is 2.61 bits per heavy atom. The topological polar surface area (TPSA) is 53.5 Å². The molecule has 98 valence electrons. The van der Waals surface area contributed by atoms with Crippen LogP contribution in [0.25, 0.3) is 0 Å². The van der Waals surface area contributed by atoms with E-state index in [0.717, 1.165) is 6.29 Å². The van der Waals surface area contributed by atoms with Gasteiger partial charge in [-0.25, -0.2) is 4.98 Å². The molecule has 1 amide bonds. The Bertz CT molecular complexity index is 416. The normalized spacial score (nSPS) is 9.94. The van der Waals surface area contributed by atoms with Gasteiger partial charge in [0, 0.05) is 26.3 Å². The average molecular weight is 249 g/mol. The van der Waals surface area contributed by atoms with Crippen LogP contribution in [0, 0.1) is 0 Å². The van der Waals surface area contributed by atoms with E-state index in [9.17, 15) is 9.59 Å². The van der Waals surface area contributed by atoms with Crippen LogP contribution in [0.4, 0.5) is 5.82 Å². The highest BCUT2D eigenvalue weighted by atomic mass is 16.2. The van der Waals surface area contributed by atoms with E-state index in [1.54, 1.807) is 35.2 Å². The first-order chi connectivity index (χ1) is 8.63. The van der Waals surface area contributed by atoms with Gasteiger partial charge in [-0.3, -0.25) is 9.59 Å². The molecule has 0 saturated carbocycles. The fourth-order valence-corrected chi connectivity index (χ4v) is 1.77. The highest BCUT2D eigenvalue weighted by molar-refractivity contribution is 5.86. The number of amides is 1. The van der Waals surface area contributed by atoms with E-state index in [2.05, 4.69) is 4.98 Å². The molecule has 0 aromatic carbocycles. The first kappa shape index (κ1) is 14.2. The second-order valence-electron chi connectivity index (χ2n) is 3.96. The van der Waals surface area contributed by atoms with Gasteiger partial charge in [-0.05, 0) is 26.0 Å². The van der Waals surface area contributed by atoms with Crippen molar-refractivity contribution in [2.24, 2.45) is 0 Å². The maximum absolute atomic E-state index is 12.0. The summed E-state index contributed by atoms with van der Waals surface area (Å²) in [5, 5.41) is 0. The van der Waals surface area contributed by atoms with Crippen LogP contribution in [0.15, 0.2) is 18.3 Å². The largest absolute Gasteiger partial charge is 0.350 e. The Balaban J connectivity index is 2.79. The van der Waals surface area contributed by atoms with Crippen molar-refractivity contribution in [2.75, 3.05) is 31.6 Å². The predicted molar refractivity (Wildman–Crippen MR) is 70.8 cm³/mol. The Kier molecular flexibility index (Phi) is 5.30. The van der Waals surface area contributed by atoms with E-state index in [-0.39, 0.29) is 12.5 Å². The zero-order valence-electron chi connectivity index (χ0n) is 11.1. The molecule has 1 aromatic rings. The second kappa shape index (κ2) is 6.74. The molecule has 0 atom stereocenters. The number of carbonyl (C=O) groups is 2. The number of nitrogens with zero attached hydrogens (tertiary/aromatic N) is 3. The lowest BCUT2D eigenvalue weighted by Gasteiger charge is -2.24. The Morgan fingerprint density at radius 1 is 1.39 bits per heavy atom. The smallest absolute Gasteiger partial charge is 0.242 e. The molecule has 0 N–H and O–H groups in total. The molecule has 0 aliphatic rings. The number of anilines is 1. The van der Waals surface area contributed by atoms with Crippen LogP contribution < -0.4 is 4.90 Å². The van der Waals surface area contributed by atoms with Crippen molar-refractivity contribution in [3.8, 4) is 0 Å². The van der Waals surface area contributed by atoms with Crippen LogP contribution in [-0.4, -0.2) is 48.8 Å². The maximum Gasteiger partial charge on any atom is 0.242 e. The number of hydrogen-bond acceptors (Lipinski definition) is 4. The van der Waals surface area contributed by atoms with Gasteiger partial charge in [-0.2, -0.15) is 0 Å². The minimum atomic E-state index is 0.0324. The third-order valence-electron chi connectivity index (χ3n) is 2.79. The molecule has 0 bridgehead atoms. The summed E-state index contributed by atoms with van der Waals surface area (Å²) in [6.07, 6.45) is 2.36. The third-order valence-corrected chi connectivity index (χ3v) is 2.79. The quantitative estimate of drug-likeness (QED) is 0.711. The summed E-state index contributed by atoms with van der Waals surface area (Å²) in [6, 6.07) is 3.39. The Labute approximate surface area is 107 Å². The first-order valence-corrected chi connectivity index (χ1v) is 6.03. The van der Waals surface area contributed by atoms with Crippen molar-refractivity contribution in [1.29, 1.82) is 0 Å². The maximum atomic E-state index is 12.0. The lowest BCUT2D eigenvalue weighted by Crippen LogP contribution is -2.39. The van der Waals surface area contributed by atoms with Gasteiger partial charge in [-0.15, -0.1) is 0 Å². The molecule has 1 rings (SSSR count). The van der Waals surface area contributed by atoms with Crippen molar-refractivity contribution in [1.82, 2.24) is 9.88 Å². The van der Waals surface area contributed by atoms with E-state index in [1.807, 2.05) is 13.8 Å². The molecule has 18 heavy (non-hydrogen) atoms. The SMILES string of the molecule is CCN(CC)C(=O)CN(C)c1ncccc1C=O. The molecular formula is C13H19N3O2. The minimum Gasteiger partial charge on any atom is -0.350 e. The monoisotopic (exact) mass is 249 g/mol. The molecule has 0 spiro atoms. The zero-order chi connectivity index (χ0) is 13.5. The molecule has 0 fully saturated rings. The van der Waals surface area contributed by atoms with Gasteiger partial charge in [-0.1, -0.05) is 0 Å². The number of carbonyl (C=O) groups excluding carboxylic acids is 2. The molecule has 1 aromatic heterocycles. The predicted octanol–water partition coefficient (Wildman–Crippen LogP) is 1.20. The Hall–Kier alpha value is -1.91. The second-order valence-corrected chi connectivity index (χ2v) is 3.96. The van der Waals surface area contributed by atoms with Crippen LogP contribution in [0.3, 0.4) is 0 Å². The number of aromatic nitrogens is 1. The molecule has 5 heteroatoms. The lowest BCUT2D eigenvalue weighted by molar-refractivity contribution is -0.129. The number of rotatable bonds is 6. The minimum absolute atomic E-state index is 0.0324. The number of aldehydes is 1. The van der Waals surface area contributed by atoms with Crippen molar-refractivity contribution < 1.29 is 9.59 Å². The number of pyridine rings is 1. The van der Waals surface area contributed by atoms with E-state index in [1.165, 1.54) is 0 Å². The fourth-order valence-electron chi connectivity index (χ4n) is 1.77. The van der Waals surface area contributed by atoms with E-state index >= 15 is 0 Å². The molecule has 0 saturated heterocycles. The fraction of sp³-hybridized carbons (Fsp3) is 0.462. The van der Waals surface area contributed by atoms with Crippen molar-refractivity contribution in [3.63, 3.8) is 0 Å². The summed E-state index contributed by atoms with van der Waals surface area (Å²) >= 11 is 0. The molecule has 0 radical (unpaired) electrons. The molecule has 0 aliphatic heterocycles. The zero-order valence-corrected chi connectivity index (χ0v) is 11.1. The highest BCUT2D eigenvalue weighted by Gasteiger charge is 2.15. The van der Waals surface area contributed by atoms with Gasteiger partial charge in [0.25, 0.3) is 0 Å². The van der Waals surface area contributed by atoms with Crippen LogP contribution >= 0.6 is 0 Å². The summed E-state index contributed by atoms with van der Waals surface area (Å²) in [6.45, 7) is 5.48. The molecule has 0 aliphatic carbocycles. The van der Waals surface area contributed by atoms with Crippen molar-refractivity contribution >= 4 is 18.0 Å². The van der Waals surface area contributed by atoms with Gasteiger partial charge >= 0.3 is 0 Å². The molecule has 0 unspecified atom stereocenters. The summed E-state index contributed by atoms with van der Waals surface area (Å²) in [4.78, 5) is 30.4. The number of hydrogen-bond donors (Lipinski definition) is 0. The summed E-state index contributed by atoms with van der Waals surface area (Å²) in [5.74, 6) is 0.568. The van der Waals surface area contributed by atoms with Crippen LogP contribution in [0.5, 0.6) is 0 Å². The van der Waals surface area contributed by atoms with Crippen LogP contribution in [0.2, 0.25) is 0 Å². The molecule has 1 heterocycles. The standard InChI is InChI=1S/C13H19N3O2/c1-4-16(5-2)12(18)9-15(3)13-11(10-17)7-6-8-14-13/h6-8,10H,4-5,9H2,1-3H3. The van der Waals surface area contributed by atoms with Gasteiger partial charge in [0.05, 0.1) is 12.1 Å². The van der Waals surface area contributed by atoms with Gasteiger partial charge in [0.15, 0.2) is 6.29 Å². The highest BCUT2D eigenvalue weighted by Crippen LogP contribution is 2.13. The Morgan fingerprint density at radius 2 is 2.06 bits per heavy atom. The van der Waals surface area contributed by atoms with E-state index < -0.39 is 0 Å². The van der Waals surface area contributed by atoms with Gasteiger partial charge < -0.3 is 9.80 Å². The third kappa shape index (κ3) is 3.29. The average Bonchev–Trinajstić information content (AvgIpc) is 2.40. The van der Waals surface area contributed by atoms with Crippen molar-refractivity contribution in [2.45, 2.75) is 13.8 Å². The van der Waals surface area contributed by atoms with Gasteiger partial charge in [0.2, 0.25) is 5.91 Å². The molecular weight excluding hydrogens is 230 g/mol. The number of likely N-dealkylation sites (N-methyl/N-ethyl adjacent to an activating group) is 2. The van der Waals surface area contributed by atoms with Crippen molar-refractivity contribution in [3.05, 3.63) is 23.9 Å². The summed E-state index contributed by atoms with van der Waals surface area (Å²) in [5.41, 5.74) is 0.493. The van der Waals surface area contributed by atoms with Gasteiger partial charge in [0.1, 0.15) is 5.82 Å². The lowest BCUT2D eigenvalue weighted by atomic mass is 10.2. The summed E-state index contributed by atoms with van der Waals surface area (Å²) < 4.78 is 0.